The third-order valence-corrected chi connectivity index (χ3v) is 4.61. The highest BCUT2D eigenvalue weighted by Crippen LogP contribution is 2.35. The van der Waals surface area contributed by atoms with E-state index >= 15 is 0 Å². The molecule has 0 unspecified atom stereocenters. The largest absolute Gasteiger partial charge is 0.384 e. The SMILES string of the molecule is COCCC(=O)N[C@@H]1CCc2[nH]c3cc(Cl)cc(Cl)c3c2C1. The Kier molecular flexibility index (Phi) is 4.62. The number of methoxy groups -OCH3 is 1. The maximum atomic E-state index is 11.9. The molecule has 0 aliphatic heterocycles. The fourth-order valence-corrected chi connectivity index (χ4v) is 3.70. The third kappa shape index (κ3) is 3.09. The summed E-state index contributed by atoms with van der Waals surface area (Å²) in [5.41, 5.74) is 3.36. The van der Waals surface area contributed by atoms with Crippen molar-refractivity contribution < 1.29 is 9.53 Å². The standard InChI is InChI=1S/C16H18Cl2N2O2/c1-22-5-4-15(21)19-10-2-3-13-11(8-10)16-12(18)6-9(17)7-14(16)20-13/h6-7,10,20H,2-5,8H2,1H3,(H,19,21)/t10-/m1/s1. The number of nitrogens with one attached hydrogen (secondary N) is 2. The van der Waals surface area contributed by atoms with Crippen LogP contribution in [0.5, 0.6) is 0 Å². The van der Waals surface area contributed by atoms with Gasteiger partial charge >= 0.3 is 0 Å². The van der Waals surface area contributed by atoms with Crippen LogP contribution in [0.25, 0.3) is 10.9 Å². The smallest absolute Gasteiger partial charge is 0.222 e. The molecular weight excluding hydrogens is 323 g/mol. The molecule has 0 saturated carbocycles. The van der Waals surface area contributed by atoms with Gasteiger partial charge in [0.1, 0.15) is 0 Å². The van der Waals surface area contributed by atoms with Gasteiger partial charge < -0.3 is 15.0 Å². The van der Waals surface area contributed by atoms with Crippen molar-refractivity contribution in [2.45, 2.75) is 31.7 Å². The first kappa shape index (κ1) is 15.7. The van der Waals surface area contributed by atoms with Crippen molar-refractivity contribution in [1.29, 1.82) is 0 Å². The number of ether oxygens (including phenoxy) is 1. The van der Waals surface area contributed by atoms with Gasteiger partial charge in [0.05, 0.1) is 11.6 Å². The van der Waals surface area contributed by atoms with Gasteiger partial charge in [0.2, 0.25) is 5.91 Å². The molecule has 2 N–H and O–H groups in total. The van der Waals surface area contributed by atoms with Crippen molar-refractivity contribution in [2.75, 3.05) is 13.7 Å². The van der Waals surface area contributed by atoms with Crippen molar-refractivity contribution in [3.8, 4) is 0 Å². The molecule has 4 nitrogen and oxygen atoms in total. The summed E-state index contributed by atoms with van der Waals surface area (Å²) in [6.45, 7) is 0.446. The maximum absolute atomic E-state index is 11.9. The molecule has 1 amide bonds. The van der Waals surface area contributed by atoms with E-state index in [1.165, 1.54) is 11.3 Å². The maximum Gasteiger partial charge on any atom is 0.222 e. The molecule has 0 saturated heterocycles. The fourth-order valence-electron chi connectivity index (χ4n) is 3.09. The minimum absolute atomic E-state index is 0.0317. The number of rotatable bonds is 4. The molecule has 118 valence electrons. The van der Waals surface area contributed by atoms with Crippen molar-refractivity contribution >= 4 is 40.0 Å². The van der Waals surface area contributed by atoms with E-state index in [4.69, 9.17) is 27.9 Å². The zero-order valence-corrected chi connectivity index (χ0v) is 13.9. The number of benzene rings is 1. The zero-order valence-electron chi connectivity index (χ0n) is 12.3. The summed E-state index contributed by atoms with van der Waals surface area (Å²) in [5, 5.41) is 5.39. The second kappa shape index (κ2) is 6.49. The van der Waals surface area contributed by atoms with Crippen LogP contribution in [0.1, 0.15) is 24.1 Å². The number of fused-ring (bicyclic) bond motifs is 3. The van der Waals surface area contributed by atoms with Gasteiger partial charge in [0.25, 0.3) is 0 Å². The van der Waals surface area contributed by atoms with Crippen LogP contribution in [0, 0.1) is 0 Å². The Labute approximate surface area is 139 Å². The second-order valence-electron chi connectivity index (χ2n) is 5.64. The third-order valence-electron chi connectivity index (χ3n) is 4.10. The zero-order chi connectivity index (χ0) is 15.7. The number of hydrogen-bond donors (Lipinski definition) is 2. The van der Waals surface area contributed by atoms with E-state index in [1.54, 1.807) is 13.2 Å². The first-order valence-corrected chi connectivity index (χ1v) is 8.11. The van der Waals surface area contributed by atoms with E-state index in [0.29, 0.717) is 23.1 Å². The molecule has 22 heavy (non-hydrogen) atoms. The molecule has 0 bridgehead atoms. The number of carbonyl (C=O) groups is 1. The fraction of sp³-hybridized carbons (Fsp3) is 0.438. The lowest BCUT2D eigenvalue weighted by Gasteiger charge is -2.23. The lowest BCUT2D eigenvalue weighted by molar-refractivity contribution is -0.122. The van der Waals surface area contributed by atoms with Crippen LogP contribution in [-0.2, 0) is 22.4 Å². The summed E-state index contributed by atoms with van der Waals surface area (Å²) >= 11 is 12.4. The average molecular weight is 341 g/mol. The summed E-state index contributed by atoms with van der Waals surface area (Å²) in [6.07, 6.45) is 3.00. The summed E-state index contributed by atoms with van der Waals surface area (Å²) in [4.78, 5) is 15.3. The van der Waals surface area contributed by atoms with Crippen molar-refractivity contribution in [1.82, 2.24) is 10.3 Å². The molecule has 1 atom stereocenters. The number of aromatic nitrogens is 1. The van der Waals surface area contributed by atoms with Crippen LogP contribution >= 0.6 is 23.2 Å². The van der Waals surface area contributed by atoms with E-state index < -0.39 is 0 Å². The van der Waals surface area contributed by atoms with Crippen LogP contribution in [0.3, 0.4) is 0 Å². The Bertz CT molecular complexity index is 712. The molecule has 1 aliphatic carbocycles. The second-order valence-corrected chi connectivity index (χ2v) is 6.49. The summed E-state index contributed by atoms with van der Waals surface area (Å²) < 4.78 is 4.93. The molecule has 3 rings (SSSR count). The normalized spacial score (nSPS) is 17.5. The Morgan fingerprint density at radius 1 is 1.45 bits per heavy atom. The van der Waals surface area contributed by atoms with Gasteiger partial charge in [-0.05, 0) is 37.0 Å². The first-order valence-electron chi connectivity index (χ1n) is 7.35. The van der Waals surface area contributed by atoms with Gasteiger partial charge in [-0.25, -0.2) is 0 Å². The summed E-state index contributed by atoms with van der Waals surface area (Å²) in [7, 11) is 1.60. The van der Waals surface area contributed by atoms with Gasteiger partial charge in [0, 0.05) is 41.2 Å². The summed E-state index contributed by atoms with van der Waals surface area (Å²) in [6, 6.07) is 3.80. The number of aryl methyl sites for hydroxylation is 1. The van der Waals surface area contributed by atoms with Crippen LogP contribution in [-0.4, -0.2) is 30.6 Å². The molecule has 0 radical (unpaired) electrons. The van der Waals surface area contributed by atoms with Crippen LogP contribution in [0.15, 0.2) is 12.1 Å². The van der Waals surface area contributed by atoms with Gasteiger partial charge in [-0.2, -0.15) is 0 Å². The van der Waals surface area contributed by atoms with Crippen molar-refractivity contribution in [3.63, 3.8) is 0 Å². The monoisotopic (exact) mass is 340 g/mol. The minimum Gasteiger partial charge on any atom is -0.384 e. The van der Waals surface area contributed by atoms with E-state index in [1.807, 2.05) is 6.07 Å². The van der Waals surface area contributed by atoms with Crippen LogP contribution < -0.4 is 5.32 Å². The highest BCUT2D eigenvalue weighted by molar-refractivity contribution is 6.38. The van der Waals surface area contributed by atoms with E-state index in [0.717, 1.165) is 30.2 Å². The minimum atomic E-state index is 0.0317. The lowest BCUT2D eigenvalue weighted by atomic mass is 9.91. The van der Waals surface area contributed by atoms with Gasteiger partial charge in [0.15, 0.2) is 0 Å². The molecule has 2 aromatic rings. The van der Waals surface area contributed by atoms with Gasteiger partial charge in [-0.15, -0.1) is 0 Å². The Hall–Kier alpha value is -1.23. The highest BCUT2D eigenvalue weighted by Gasteiger charge is 2.24. The number of aromatic amines is 1. The number of hydrogen-bond acceptors (Lipinski definition) is 2. The predicted octanol–water partition coefficient (Wildman–Crippen LogP) is 3.48. The Morgan fingerprint density at radius 2 is 2.27 bits per heavy atom. The highest BCUT2D eigenvalue weighted by atomic mass is 35.5. The summed E-state index contributed by atoms with van der Waals surface area (Å²) in [5.74, 6) is 0.0317. The Morgan fingerprint density at radius 3 is 3.05 bits per heavy atom. The van der Waals surface area contributed by atoms with Crippen molar-refractivity contribution in [3.05, 3.63) is 33.4 Å². The number of carbonyl (C=O) groups excluding carboxylic acids is 1. The molecule has 6 heteroatoms. The quantitative estimate of drug-likeness (QED) is 0.895. The van der Waals surface area contributed by atoms with Crippen LogP contribution in [0.4, 0.5) is 0 Å². The molecule has 1 aromatic carbocycles. The van der Waals surface area contributed by atoms with E-state index in [2.05, 4.69) is 10.3 Å². The molecule has 0 fully saturated rings. The van der Waals surface area contributed by atoms with E-state index in [-0.39, 0.29) is 11.9 Å². The number of H-pyrrole nitrogens is 1. The molecule has 1 aromatic heterocycles. The Balaban J connectivity index is 1.82. The average Bonchev–Trinajstić information content (AvgIpc) is 2.82. The first-order chi connectivity index (χ1) is 10.6. The van der Waals surface area contributed by atoms with Gasteiger partial charge in [-0.1, -0.05) is 23.2 Å². The molecule has 1 heterocycles. The number of amides is 1. The van der Waals surface area contributed by atoms with Crippen molar-refractivity contribution in [2.24, 2.45) is 0 Å². The lowest BCUT2D eigenvalue weighted by Crippen LogP contribution is -2.39. The number of halogens is 2. The van der Waals surface area contributed by atoms with Gasteiger partial charge in [-0.3, -0.25) is 4.79 Å². The van der Waals surface area contributed by atoms with E-state index in [9.17, 15) is 4.79 Å². The predicted molar refractivity (Wildman–Crippen MR) is 88.8 cm³/mol. The molecular formula is C16H18Cl2N2O2. The topological polar surface area (TPSA) is 54.1 Å². The molecule has 0 spiro atoms. The van der Waals surface area contributed by atoms with Crippen LogP contribution in [0.2, 0.25) is 10.0 Å². The molecule has 1 aliphatic rings.